The van der Waals surface area contributed by atoms with Crippen LogP contribution in [0.25, 0.3) is 10.8 Å². The van der Waals surface area contributed by atoms with Crippen LogP contribution in [0.15, 0.2) is 52.5 Å². The second-order valence-electron chi connectivity index (χ2n) is 4.60. The van der Waals surface area contributed by atoms with E-state index in [1.54, 1.807) is 48.0 Å². The molecule has 2 heterocycles. The highest BCUT2D eigenvalue weighted by molar-refractivity contribution is 7.13. The molecule has 0 bridgehead atoms. The van der Waals surface area contributed by atoms with Gasteiger partial charge in [-0.25, -0.2) is 4.98 Å². The molecular weight excluding hydrogens is 300 g/mol. The molecule has 2 aromatic heterocycles. The number of furan rings is 1. The summed E-state index contributed by atoms with van der Waals surface area (Å²) in [6, 6.07) is 10.3. The quantitative estimate of drug-likeness (QED) is 0.743. The summed E-state index contributed by atoms with van der Waals surface area (Å²) in [5.74, 6) is 0.319. The number of aromatic nitrogens is 1. The lowest BCUT2D eigenvalue weighted by Crippen LogP contribution is -2.12. The van der Waals surface area contributed by atoms with Gasteiger partial charge in [0.25, 0.3) is 5.91 Å². The van der Waals surface area contributed by atoms with E-state index in [0.717, 1.165) is 0 Å². The van der Waals surface area contributed by atoms with Crippen LogP contribution in [0.5, 0.6) is 0 Å². The molecule has 0 aliphatic rings. The predicted octanol–water partition coefficient (Wildman–Crippen LogP) is 3.86. The summed E-state index contributed by atoms with van der Waals surface area (Å²) in [6.45, 7) is 1.50. The van der Waals surface area contributed by atoms with Crippen LogP contribution in [0.1, 0.15) is 27.8 Å². The van der Waals surface area contributed by atoms with Gasteiger partial charge in [0.2, 0.25) is 0 Å². The summed E-state index contributed by atoms with van der Waals surface area (Å²) < 4.78 is 5.25. The van der Waals surface area contributed by atoms with E-state index in [2.05, 4.69) is 10.3 Å². The maximum Gasteiger partial charge on any atom is 0.275 e. The van der Waals surface area contributed by atoms with Gasteiger partial charge in [-0.15, -0.1) is 11.3 Å². The Kier molecular flexibility index (Phi) is 3.84. The Hall–Kier alpha value is -2.73. The Bertz CT molecular complexity index is 804. The SMILES string of the molecule is CC(=O)c1ccc(NC(=O)c2csc(-c3ccco3)n2)cc1. The number of rotatable bonds is 4. The van der Waals surface area contributed by atoms with Crippen LogP contribution < -0.4 is 5.32 Å². The van der Waals surface area contributed by atoms with Crippen LogP contribution in [0.3, 0.4) is 0 Å². The molecule has 6 heteroatoms. The van der Waals surface area contributed by atoms with Gasteiger partial charge in [0.05, 0.1) is 6.26 Å². The number of hydrogen-bond donors (Lipinski definition) is 1. The van der Waals surface area contributed by atoms with Crippen LogP contribution in [0.4, 0.5) is 5.69 Å². The molecule has 0 radical (unpaired) electrons. The first-order valence-electron chi connectivity index (χ1n) is 6.55. The fraction of sp³-hybridized carbons (Fsp3) is 0.0625. The fourth-order valence-electron chi connectivity index (χ4n) is 1.87. The molecule has 0 atom stereocenters. The first-order chi connectivity index (χ1) is 10.6. The van der Waals surface area contributed by atoms with Crippen molar-refractivity contribution in [1.82, 2.24) is 4.98 Å². The van der Waals surface area contributed by atoms with Crippen molar-refractivity contribution in [1.29, 1.82) is 0 Å². The molecule has 0 aliphatic heterocycles. The molecule has 0 saturated heterocycles. The second-order valence-corrected chi connectivity index (χ2v) is 5.46. The van der Waals surface area contributed by atoms with Crippen molar-refractivity contribution in [2.24, 2.45) is 0 Å². The van der Waals surface area contributed by atoms with Crippen molar-refractivity contribution in [2.45, 2.75) is 6.92 Å². The first kappa shape index (κ1) is 14.2. The lowest BCUT2D eigenvalue weighted by molar-refractivity contribution is 0.101. The van der Waals surface area contributed by atoms with Gasteiger partial charge >= 0.3 is 0 Å². The highest BCUT2D eigenvalue weighted by atomic mass is 32.1. The summed E-state index contributed by atoms with van der Waals surface area (Å²) >= 11 is 1.34. The number of ketones is 1. The molecule has 0 aliphatic carbocycles. The zero-order valence-electron chi connectivity index (χ0n) is 11.7. The number of hydrogen-bond acceptors (Lipinski definition) is 5. The minimum absolute atomic E-state index is 0.0135. The molecule has 110 valence electrons. The van der Waals surface area contributed by atoms with E-state index >= 15 is 0 Å². The molecule has 0 unspecified atom stereocenters. The zero-order chi connectivity index (χ0) is 15.5. The highest BCUT2D eigenvalue weighted by Gasteiger charge is 2.13. The molecule has 3 rings (SSSR count). The maximum atomic E-state index is 12.2. The van der Waals surface area contributed by atoms with Gasteiger partial charge in [-0.3, -0.25) is 9.59 Å². The normalized spacial score (nSPS) is 10.4. The smallest absolute Gasteiger partial charge is 0.275 e. The van der Waals surface area contributed by atoms with Crippen molar-refractivity contribution in [2.75, 3.05) is 5.32 Å². The first-order valence-corrected chi connectivity index (χ1v) is 7.43. The lowest BCUT2D eigenvalue weighted by atomic mass is 10.1. The van der Waals surface area contributed by atoms with Gasteiger partial charge in [0, 0.05) is 16.6 Å². The molecule has 1 aromatic carbocycles. The van der Waals surface area contributed by atoms with E-state index in [-0.39, 0.29) is 11.7 Å². The Morgan fingerprint density at radius 1 is 1.18 bits per heavy atom. The minimum atomic E-state index is -0.301. The number of Topliss-reactive ketones (excluding diaryl/α,β-unsaturated/α-hetero) is 1. The summed E-state index contributed by atoms with van der Waals surface area (Å²) in [6.07, 6.45) is 1.56. The number of carbonyl (C=O) groups excluding carboxylic acids is 2. The number of amides is 1. The number of nitrogens with zero attached hydrogens (tertiary/aromatic N) is 1. The maximum absolute atomic E-state index is 12.2. The second kappa shape index (κ2) is 5.95. The molecule has 1 N–H and O–H groups in total. The molecule has 3 aromatic rings. The molecule has 22 heavy (non-hydrogen) atoms. The number of nitrogens with one attached hydrogen (secondary N) is 1. The Labute approximate surface area is 130 Å². The molecule has 0 fully saturated rings. The summed E-state index contributed by atoms with van der Waals surface area (Å²) in [7, 11) is 0. The van der Waals surface area contributed by atoms with Crippen LogP contribution in [0.2, 0.25) is 0 Å². The van der Waals surface area contributed by atoms with Gasteiger partial charge in [0.1, 0.15) is 5.69 Å². The van der Waals surface area contributed by atoms with Gasteiger partial charge in [-0.05, 0) is 43.3 Å². The van der Waals surface area contributed by atoms with Gasteiger partial charge < -0.3 is 9.73 Å². The number of carbonyl (C=O) groups is 2. The number of benzene rings is 1. The van der Waals surface area contributed by atoms with Crippen LogP contribution >= 0.6 is 11.3 Å². The van der Waals surface area contributed by atoms with Crippen molar-refractivity contribution in [3.8, 4) is 10.8 Å². The van der Waals surface area contributed by atoms with Gasteiger partial charge in [-0.1, -0.05) is 0 Å². The lowest BCUT2D eigenvalue weighted by Gasteiger charge is -2.03. The Morgan fingerprint density at radius 3 is 2.59 bits per heavy atom. The fourth-order valence-corrected chi connectivity index (χ4v) is 2.64. The average Bonchev–Trinajstić information content (AvgIpc) is 3.19. The average molecular weight is 312 g/mol. The van der Waals surface area contributed by atoms with Gasteiger partial charge in [0.15, 0.2) is 16.6 Å². The number of anilines is 1. The largest absolute Gasteiger partial charge is 0.462 e. The van der Waals surface area contributed by atoms with Crippen LogP contribution in [0, 0.1) is 0 Å². The van der Waals surface area contributed by atoms with Crippen molar-refractivity contribution in [3.05, 3.63) is 59.3 Å². The van der Waals surface area contributed by atoms with Crippen LogP contribution in [-0.2, 0) is 0 Å². The van der Waals surface area contributed by atoms with E-state index in [1.807, 2.05) is 0 Å². The van der Waals surface area contributed by atoms with Gasteiger partial charge in [-0.2, -0.15) is 0 Å². The summed E-state index contributed by atoms with van der Waals surface area (Å²) in [5, 5.41) is 5.08. The third-order valence-corrected chi connectivity index (χ3v) is 3.87. The summed E-state index contributed by atoms with van der Waals surface area (Å²) in [4.78, 5) is 27.6. The van der Waals surface area contributed by atoms with E-state index in [4.69, 9.17) is 4.42 Å². The monoisotopic (exact) mass is 312 g/mol. The Morgan fingerprint density at radius 2 is 1.95 bits per heavy atom. The number of thiazole rings is 1. The highest BCUT2D eigenvalue weighted by Crippen LogP contribution is 2.24. The van der Waals surface area contributed by atoms with Crippen molar-refractivity contribution >= 4 is 28.7 Å². The molecule has 5 nitrogen and oxygen atoms in total. The van der Waals surface area contributed by atoms with Crippen LogP contribution in [-0.4, -0.2) is 16.7 Å². The standard InChI is InChI=1S/C16H12N2O3S/c1-10(19)11-4-6-12(7-5-11)17-15(20)13-9-22-16(18-13)14-3-2-8-21-14/h2-9H,1H3,(H,17,20). The van der Waals surface area contributed by atoms with E-state index in [0.29, 0.717) is 27.7 Å². The predicted molar refractivity (Wildman–Crippen MR) is 84.2 cm³/mol. The topological polar surface area (TPSA) is 72.2 Å². The van der Waals surface area contributed by atoms with Crippen molar-refractivity contribution < 1.29 is 14.0 Å². The Balaban J connectivity index is 1.73. The molecular formula is C16H12N2O3S. The van der Waals surface area contributed by atoms with Crippen molar-refractivity contribution in [3.63, 3.8) is 0 Å². The third kappa shape index (κ3) is 2.96. The zero-order valence-corrected chi connectivity index (χ0v) is 12.5. The van der Waals surface area contributed by atoms with E-state index in [9.17, 15) is 9.59 Å². The molecule has 0 saturated carbocycles. The van der Waals surface area contributed by atoms with E-state index in [1.165, 1.54) is 18.3 Å². The molecule has 0 spiro atoms. The molecule has 1 amide bonds. The van der Waals surface area contributed by atoms with E-state index < -0.39 is 0 Å². The third-order valence-electron chi connectivity index (χ3n) is 3.02. The minimum Gasteiger partial charge on any atom is -0.462 e. The summed E-state index contributed by atoms with van der Waals surface area (Å²) in [5.41, 5.74) is 1.54.